The van der Waals surface area contributed by atoms with Gasteiger partial charge in [0.2, 0.25) is 5.91 Å². The highest BCUT2D eigenvalue weighted by atomic mass is 35.5. The molecule has 0 saturated carbocycles. The molecule has 148 valence electrons. The molecule has 2 aromatic heterocycles. The lowest BCUT2D eigenvalue weighted by atomic mass is 10.1. The first kappa shape index (κ1) is 20.3. The second-order valence-electron chi connectivity index (χ2n) is 6.33. The van der Waals surface area contributed by atoms with Crippen molar-refractivity contribution in [3.05, 3.63) is 64.8 Å². The maximum atomic E-state index is 12.4. The number of nitrogens with one attached hydrogen (secondary N) is 1. The molecule has 4 rings (SSSR count). The zero-order valence-corrected chi connectivity index (χ0v) is 18.1. The Balaban J connectivity index is 1.49. The van der Waals surface area contributed by atoms with Crippen molar-refractivity contribution in [2.45, 2.75) is 12.1 Å². The van der Waals surface area contributed by atoms with Crippen molar-refractivity contribution in [3.8, 4) is 17.3 Å². The third kappa shape index (κ3) is 4.44. The summed E-state index contributed by atoms with van der Waals surface area (Å²) >= 11 is 8.77. The molecule has 2 aromatic carbocycles. The van der Waals surface area contributed by atoms with Gasteiger partial charge in [0.05, 0.1) is 21.7 Å². The summed E-state index contributed by atoms with van der Waals surface area (Å²) < 4.78 is 1.02. The van der Waals surface area contributed by atoms with Crippen molar-refractivity contribution in [1.82, 2.24) is 15.0 Å². The number of thioether (sulfide) groups is 1. The van der Waals surface area contributed by atoms with Crippen molar-refractivity contribution >= 4 is 56.0 Å². The first-order chi connectivity index (χ1) is 14.5. The maximum absolute atomic E-state index is 12.4. The van der Waals surface area contributed by atoms with E-state index in [0.717, 1.165) is 33.1 Å². The van der Waals surface area contributed by atoms with Crippen LogP contribution in [0.25, 0.3) is 21.5 Å². The van der Waals surface area contributed by atoms with Gasteiger partial charge in [-0.25, -0.2) is 15.0 Å². The highest BCUT2D eigenvalue weighted by Crippen LogP contribution is 2.29. The van der Waals surface area contributed by atoms with Gasteiger partial charge in [0.25, 0.3) is 0 Å². The number of hydrogen-bond donors (Lipinski definition) is 1. The van der Waals surface area contributed by atoms with E-state index < -0.39 is 0 Å². The average Bonchev–Trinajstić information content (AvgIpc) is 3.13. The molecule has 0 aliphatic rings. The van der Waals surface area contributed by atoms with E-state index in [2.05, 4.69) is 26.3 Å². The van der Waals surface area contributed by atoms with Gasteiger partial charge in [-0.2, -0.15) is 5.26 Å². The molecule has 0 fully saturated rings. The Labute approximate surface area is 186 Å². The highest BCUT2D eigenvalue weighted by molar-refractivity contribution is 7.99. The van der Waals surface area contributed by atoms with Crippen molar-refractivity contribution < 1.29 is 4.79 Å². The second-order valence-corrected chi connectivity index (χ2v) is 8.66. The summed E-state index contributed by atoms with van der Waals surface area (Å²) in [5.74, 6) is -0.132. The molecular weight excluding hydrogens is 438 g/mol. The summed E-state index contributed by atoms with van der Waals surface area (Å²) in [7, 11) is 0. The number of thiazole rings is 1. The minimum Gasteiger partial charge on any atom is -0.301 e. The lowest BCUT2D eigenvalue weighted by molar-refractivity contribution is -0.113. The summed E-state index contributed by atoms with van der Waals surface area (Å²) in [6.07, 6.45) is 0. The van der Waals surface area contributed by atoms with Crippen molar-refractivity contribution in [2.75, 3.05) is 11.1 Å². The quantitative estimate of drug-likeness (QED) is 0.251. The molecule has 9 heteroatoms. The number of nitrogens with zero attached hydrogens (tertiary/aromatic N) is 4. The Bertz CT molecular complexity index is 1280. The molecule has 2 heterocycles. The SMILES string of the molecule is Cc1ccc2nc(NC(=O)CSc3nc(Cl)c(C#N)c(-c4ccccc4)n3)sc2c1. The van der Waals surface area contributed by atoms with Crippen LogP contribution in [-0.4, -0.2) is 26.6 Å². The predicted octanol–water partition coefficient (Wildman–Crippen LogP) is 5.32. The Hall–Kier alpha value is -2.99. The summed E-state index contributed by atoms with van der Waals surface area (Å²) in [6, 6.07) is 17.3. The van der Waals surface area contributed by atoms with E-state index in [1.165, 1.54) is 11.3 Å². The summed E-state index contributed by atoms with van der Waals surface area (Å²) in [6.45, 7) is 2.01. The number of aromatic nitrogens is 3. The minimum absolute atomic E-state index is 0.0656. The molecule has 0 aliphatic carbocycles. The molecule has 0 saturated heterocycles. The lowest BCUT2D eigenvalue weighted by Gasteiger charge is -2.07. The van der Waals surface area contributed by atoms with Gasteiger partial charge >= 0.3 is 0 Å². The number of carbonyl (C=O) groups is 1. The molecular formula is C21H14ClN5OS2. The first-order valence-corrected chi connectivity index (χ1v) is 11.0. The van der Waals surface area contributed by atoms with Crippen LogP contribution in [-0.2, 0) is 4.79 Å². The second kappa shape index (κ2) is 8.79. The Kier molecular flexibility index (Phi) is 5.95. The van der Waals surface area contributed by atoms with Gasteiger partial charge in [-0.05, 0) is 24.6 Å². The number of fused-ring (bicyclic) bond motifs is 1. The van der Waals surface area contributed by atoms with E-state index in [9.17, 15) is 10.1 Å². The van der Waals surface area contributed by atoms with E-state index in [4.69, 9.17) is 11.6 Å². The fraction of sp³-hybridized carbons (Fsp3) is 0.0952. The monoisotopic (exact) mass is 451 g/mol. The minimum atomic E-state index is -0.221. The number of rotatable bonds is 5. The number of amides is 1. The predicted molar refractivity (Wildman–Crippen MR) is 121 cm³/mol. The van der Waals surface area contributed by atoms with E-state index in [1.807, 2.05) is 55.5 Å². The number of carbonyl (C=O) groups excluding carboxylic acids is 1. The van der Waals surface area contributed by atoms with Crippen molar-refractivity contribution in [1.29, 1.82) is 5.26 Å². The molecule has 0 bridgehead atoms. The molecule has 1 N–H and O–H groups in total. The lowest BCUT2D eigenvalue weighted by Crippen LogP contribution is -2.14. The zero-order valence-electron chi connectivity index (χ0n) is 15.7. The number of nitriles is 1. The van der Waals surface area contributed by atoms with Crippen molar-refractivity contribution in [2.24, 2.45) is 0 Å². The molecule has 0 aliphatic heterocycles. The summed E-state index contributed by atoms with van der Waals surface area (Å²) in [5, 5.41) is 13.2. The number of halogens is 1. The third-order valence-corrected chi connectivity index (χ3v) is 6.18. The molecule has 4 aromatic rings. The molecule has 0 radical (unpaired) electrons. The van der Waals surface area contributed by atoms with Gasteiger partial charge in [0.15, 0.2) is 15.4 Å². The van der Waals surface area contributed by atoms with Gasteiger partial charge < -0.3 is 5.32 Å². The smallest absolute Gasteiger partial charge is 0.236 e. The normalized spacial score (nSPS) is 10.7. The maximum Gasteiger partial charge on any atom is 0.236 e. The fourth-order valence-electron chi connectivity index (χ4n) is 2.75. The zero-order chi connectivity index (χ0) is 21.1. The average molecular weight is 452 g/mol. The van der Waals surface area contributed by atoms with Crippen LogP contribution in [0.5, 0.6) is 0 Å². The fourth-order valence-corrected chi connectivity index (χ4v) is 4.64. The third-order valence-electron chi connectivity index (χ3n) is 4.13. The molecule has 1 amide bonds. The highest BCUT2D eigenvalue weighted by Gasteiger charge is 2.16. The van der Waals surface area contributed by atoms with Crippen LogP contribution in [0.4, 0.5) is 5.13 Å². The standard InChI is InChI=1S/C21H14ClN5OS2/c1-12-7-8-15-16(9-12)30-21(24-15)25-17(28)11-29-20-26-18(13-5-3-2-4-6-13)14(10-23)19(22)27-20/h2-9H,11H2,1H3,(H,24,25,28). The van der Waals surface area contributed by atoms with Gasteiger partial charge in [-0.3, -0.25) is 4.79 Å². The van der Waals surface area contributed by atoms with E-state index in [0.29, 0.717) is 16.0 Å². The van der Waals surface area contributed by atoms with Gasteiger partial charge in [-0.15, -0.1) is 0 Å². The molecule has 0 unspecified atom stereocenters. The largest absolute Gasteiger partial charge is 0.301 e. The topological polar surface area (TPSA) is 91.6 Å². The van der Waals surface area contributed by atoms with E-state index >= 15 is 0 Å². The Morgan fingerprint density at radius 2 is 2.00 bits per heavy atom. The van der Waals surface area contributed by atoms with E-state index in [-0.39, 0.29) is 22.4 Å². The Morgan fingerprint density at radius 3 is 2.77 bits per heavy atom. The summed E-state index contributed by atoms with van der Waals surface area (Å²) in [4.78, 5) is 25.4. The van der Waals surface area contributed by atoms with Crippen LogP contribution >= 0.6 is 34.7 Å². The van der Waals surface area contributed by atoms with Crippen LogP contribution in [0, 0.1) is 18.3 Å². The van der Waals surface area contributed by atoms with E-state index in [1.54, 1.807) is 0 Å². The van der Waals surface area contributed by atoms with Crippen LogP contribution in [0.15, 0.2) is 53.7 Å². The van der Waals surface area contributed by atoms with Gasteiger partial charge in [0.1, 0.15) is 11.6 Å². The molecule has 30 heavy (non-hydrogen) atoms. The van der Waals surface area contributed by atoms with Crippen LogP contribution in [0.1, 0.15) is 11.1 Å². The molecule has 0 spiro atoms. The van der Waals surface area contributed by atoms with Crippen LogP contribution < -0.4 is 5.32 Å². The van der Waals surface area contributed by atoms with Crippen molar-refractivity contribution in [3.63, 3.8) is 0 Å². The summed E-state index contributed by atoms with van der Waals surface area (Å²) in [5.41, 5.74) is 3.41. The molecule has 6 nitrogen and oxygen atoms in total. The van der Waals surface area contributed by atoms with Gasteiger partial charge in [-0.1, -0.05) is 71.1 Å². The molecule has 0 atom stereocenters. The number of anilines is 1. The number of benzene rings is 2. The number of hydrogen-bond acceptors (Lipinski definition) is 7. The van der Waals surface area contributed by atoms with Crippen LogP contribution in [0.3, 0.4) is 0 Å². The number of aryl methyl sites for hydroxylation is 1. The first-order valence-electron chi connectivity index (χ1n) is 8.86. The van der Waals surface area contributed by atoms with Crippen LogP contribution in [0.2, 0.25) is 5.15 Å². The Morgan fingerprint density at radius 1 is 1.20 bits per heavy atom. The van der Waals surface area contributed by atoms with Gasteiger partial charge in [0, 0.05) is 5.56 Å².